The van der Waals surface area contributed by atoms with Gasteiger partial charge in [-0.15, -0.1) is 0 Å². The van der Waals surface area contributed by atoms with Crippen LogP contribution in [0, 0.1) is 5.92 Å². The van der Waals surface area contributed by atoms with Gasteiger partial charge in [0.15, 0.2) is 11.5 Å². The fraction of sp³-hybridized carbons (Fsp3) is 0.350. The second-order valence-corrected chi connectivity index (χ2v) is 7.62. The normalized spacial score (nSPS) is 17.6. The summed E-state index contributed by atoms with van der Waals surface area (Å²) in [6, 6.07) is 5.93. The molecule has 0 bridgehead atoms. The molecule has 1 atom stereocenters. The molecular weight excluding hydrogens is 453 g/mol. The molecule has 2 amide bonds. The fourth-order valence-corrected chi connectivity index (χ4v) is 3.65. The summed E-state index contributed by atoms with van der Waals surface area (Å²) in [4.78, 5) is 30.1. The zero-order chi connectivity index (χ0) is 22.9. The molecule has 2 aromatic rings. The smallest absolute Gasteiger partial charge is 0.417 e. The van der Waals surface area contributed by atoms with Crippen LogP contribution >= 0.6 is 11.6 Å². The summed E-state index contributed by atoms with van der Waals surface area (Å²) in [5, 5.41) is 5.31. The Labute approximate surface area is 185 Å². The highest BCUT2D eigenvalue weighted by molar-refractivity contribution is 6.32. The summed E-state index contributed by atoms with van der Waals surface area (Å²) in [5.41, 5.74) is -0.321. The van der Waals surface area contributed by atoms with E-state index in [1.165, 1.54) is 4.90 Å². The fourth-order valence-electron chi connectivity index (χ4n) is 3.42. The number of aromatic nitrogens is 1. The number of ether oxygens (including phenoxy) is 2. The van der Waals surface area contributed by atoms with Gasteiger partial charge in [-0.2, -0.15) is 13.2 Å². The summed E-state index contributed by atoms with van der Waals surface area (Å²) < 4.78 is 48.6. The van der Waals surface area contributed by atoms with E-state index in [0.717, 1.165) is 6.07 Å². The van der Waals surface area contributed by atoms with Gasteiger partial charge in [-0.05, 0) is 18.2 Å². The highest BCUT2D eigenvalue weighted by Crippen LogP contribution is 2.37. The Kier molecular flexibility index (Phi) is 6.00. The van der Waals surface area contributed by atoms with Gasteiger partial charge in [0.25, 0.3) is 0 Å². The van der Waals surface area contributed by atoms with Crippen LogP contribution in [-0.2, 0) is 15.8 Å². The van der Waals surface area contributed by atoms with Crippen LogP contribution in [0.25, 0.3) is 0 Å². The van der Waals surface area contributed by atoms with Gasteiger partial charge in [-0.25, -0.2) is 4.98 Å². The highest BCUT2D eigenvalue weighted by Gasteiger charge is 2.35. The predicted molar refractivity (Wildman–Crippen MR) is 109 cm³/mol. The van der Waals surface area contributed by atoms with E-state index in [4.69, 9.17) is 21.1 Å². The van der Waals surface area contributed by atoms with Gasteiger partial charge >= 0.3 is 6.18 Å². The molecule has 3 heterocycles. The Morgan fingerprint density at radius 3 is 2.75 bits per heavy atom. The number of halogens is 4. The first kappa shape index (κ1) is 22.0. The number of hydrogen-bond donors (Lipinski definition) is 2. The van der Waals surface area contributed by atoms with E-state index >= 15 is 0 Å². The number of alkyl halides is 3. The molecule has 170 valence electrons. The number of hydrogen-bond acceptors (Lipinski definition) is 6. The van der Waals surface area contributed by atoms with E-state index in [2.05, 4.69) is 15.6 Å². The Bertz CT molecular complexity index is 1050. The number of nitrogens with zero attached hydrogens (tertiary/aromatic N) is 2. The minimum absolute atomic E-state index is 0.0694. The van der Waals surface area contributed by atoms with Crippen molar-refractivity contribution in [3.63, 3.8) is 0 Å². The van der Waals surface area contributed by atoms with Crippen LogP contribution in [0.3, 0.4) is 0 Å². The molecule has 12 heteroatoms. The zero-order valence-electron chi connectivity index (χ0n) is 16.5. The van der Waals surface area contributed by atoms with Crippen molar-refractivity contribution in [1.29, 1.82) is 0 Å². The van der Waals surface area contributed by atoms with Crippen LogP contribution < -0.4 is 25.0 Å². The molecule has 1 aromatic heterocycles. The first-order valence-electron chi connectivity index (χ1n) is 9.66. The van der Waals surface area contributed by atoms with Crippen LogP contribution in [0.15, 0.2) is 30.5 Å². The van der Waals surface area contributed by atoms with Crippen LogP contribution in [0.2, 0.25) is 5.02 Å². The van der Waals surface area contributed by atoms with Crippen molar-refractivity contribution in [3.05, 3.63) is 41.0 Å². The maximum atomic E-state index is 12.7. The van der Waals surface area contributed by atoms with Gasteiger partial charge < -0.3 is 25.0 Å². The molecule has 2 aliphatic heterocycles. The van der Waals surface area contributed by atoms with Gasteiger partial charge in [-0.3, -0.25) is 9.59 Å². The Morgan fingerprint density at radius 2 is 2.00 bits per heavy atom. The SMILES string of the molecule is O=C(NCCNc1ncc(C(F)(F)F)cc1Cl)C1CC(=O)N(c2ccc3c(c2)OCO3)C1. The van der Waals surface area contributed by atoms with Crippen molar-refractivity contribution in [2.75, 3.05) is 36.6 Å². The van der Waals surface area contributed by atoms with E-state index < -0.39 is 17.7 Å². The second-order valence-electron chi connectivity index (χ2n) is 7.21. The van der Waals surface area contributed by atoms with Crippen molar-refractivity contribution in [3.8, 4) is 11.5 Å². The first-order chi connectivity index (χ1) is 15.2. The summed E-state index contributed by atoms with van der Waals surface area (Å²) in [5.74, 6) is 0.229. The number of carbonyl (C=O) groups is 2. The number of carbonyl (C=O) groups excluding carboxylic acids is 2. The van der Waals surface area contributed by atoms with Crippen molar-refractivity contribution < 1.29 is 32.2 Å². The average Bonchev–Trinajstić information content (AvgIpc) is 3.37. The summed E-state index contributed by atoms with van der Waals surface area (Å²) >= 11 is 5.83. The molecule has 0 saturated carbocycles. The van der Waals surface area contributed by atoms with Gasteiger partial charge in [0.1, 0.15) is 5.82 Å². The van der Waals surface area contributed by atoms with Crippen molar-refractivity contribution >= 4 is 34.9 Å². The van der Waals surface area contributed by atoms with Crippen LogP contribution in [0.1, 0.15) is 12.0 Å². The number of amides is 2. The van der Waals surface area contributed by atoms with Gasteiger partial charge in [0.2, 0.25) is 18.6 Å². The number of benzene rings is 1. The van der Waals surface area contributed by atoms with Crippen molar-refractivity contribution in [2.45, 2.75) is 12.6 Å². The Balaban J connectivity index is 1.27. The molecule has 1 unspecified atom stereocenters. The van der Waals surface area contributed by atoms with Crippen LogP contribution in [-0.4, -0.2) is 43.2 Å². The third kappa shape index (κ3) is 4.67. The molecule has 1 fully saturated rings. The van der Waals surface area contributed by atoms with E-state index in [1.54, 1.807) is 18.2 Å². The summed E-state index contributed by atoms with van der Waals surface area (Å²) in [6.45, 7) is 0.714. The molecule has 0 spiro atoms. The lowest BCUT2D eigenvalue weighted by molar-refractivity contribution is -0.137. The molecule has 0 radical (unpaired) electrons. The Hall–Kier alpha value is -3.21. The van der Waals surface area contributed by atoms with Gasteiger partial charge in [0.05, 0.1) is 16.5 Å². The topological polar surface area (TPSA) is 92.8 Å². The summed E-state index contributed by atoms with van der Waals surface area (Å²) in [7, 11) is 0. The lowest BCUT2D eigenvalue weighted by Gasteiger charge is -2.17. The third-order valence-corrected chi connectivity index (χ3v) is 5.34. The quantitative estimate of drug-likeness (QED) is 0.630. The number of pyridine rings is 1. The first-order valence-corrected chi connectivity index (χ1v) is 10.0. The minimum atomic E-state index is -4.53. The molecule has 1 saturated heterocycles. The van der Waals surface area contributed by atoms with Crippen LogP contribution in [0.4, 0.5) is 24.7 Å². The molecular formula is C20H18ClF3N4O4. The van der Waals surface area contributed by atoms with E-state index in [-0.39, 0.29) is 55.5 Å². The molecule has 1 aromatic carbocycles. The number of fused-ring (bicyclic) bond motifs is 1. The predicted octanol–water partition coefficient (Wildman–Crippen LogP) is 3.06. The standard InChI is InChI=1S/C20H18ClF3N4O4/c21-14-6-12(20(22,23)24)8-27-18(14)25-3-4-26-19(30)11-5-17(29)28(9-11)13-1-2-15-16(7-13)32-10-31-15/h1-2,6-8,11H,3-5,9-10H2,(H,25,27)(H,26,30). The van der Waals surface area contributed by atoms with E-state index in [9.17, 15) is 22.8 Å². The van der Waals surface area contributed by atoms with Gasteiger partial charge in [-0.1, -0.05) is 11.6 Å². The molecule has 2 aliphatic rings. The molecule has 4 rings (SSSR count). The minimum Gasteiger partial charge on any atom is -0.454 e. The van der Waals surface area contributed by atoms with Crippen molar-refractivity contribution in [1.82, 2.24) is 10.3 Å². The average molecular weight is 471 g/mol. The maximum absolute atomic E-state index is 12.7. The molecule has 0 aliphatic carbocycles. The number of anilines is 2. The Morgan fingerprint density at radius 1 is 1.22 bits per heavy atom. The van der Waals surface area contributed by atoms with Gasteiger partial charge in [0, 0.05) is 44.0 Å². The monoisotopic (exact) mass is 470 g/mol. The summed E-state index contributed by atoms with van der Waals surface area (Å²) in [6.07, 6.45) is -3.78. The maximum Gasteiger partial charge on any atom is 0.417 e. The highest BCUT2D eigenvalue weighted by atomic mass is 35.5. The lowest BCUT2D eigenvalue weighted by atomic mass is 10.1. The molecule has 32 heavy (non-hydrogen) atoms. The lowest BCUT2D eigenvalue weighted by Crippen LogP contribution is -2.35. The third-order valence-electron chi connectivity index (χ3n) is 5.05. The number of nitrogens with one attached hydrogen (secondary N) is 2. The zero-order valence-corrected chi connectivity index (χ0v) is 17.3. The van der Waals surface area contributed by atoms with E-state index in [0.29, 0.717) is 23.4 Å². The molecule has 8 nitrogen and oxygen atoms in total. The molecule has 2 N–H and O–H groups in total. The van der Waals surface area contributed by atoms with E-state index in [1.807, 2.05) is 0 Å². The van der Waals surface area contributed by atoms with Crippen molar-refractivity contribution in [2.24, 2.45) is 5.92 Å². The number of rotatable bonds is 6. The van der Waals surface area contributed by atoms with Crippen LogP contribution in [0.5, 0.6) is 11.5 Å². The largest absolute Gasteiger partial charge is 0.454 e. The second kappa shape index (κ2) is 8.73.